The van der Waals surface area contributed by atoms with Gasteiger partial charge >= 0.3 is 77.8 Å². The average Bonchev–Trinajstić information content (AvgIpc) is 1.78. The van der Waals surface area contributed by atoms with Gasteiger partial charge in [0.25, 0.3) is 0 Å². The van der Waals surface area contributed by atoms with Crippen LogP contribution in [0.25, 0.3) is 0 Å². The number of rotatable bonds is 5. The quantitative estimate of drug-likeness (QED) is 0.465. The van der Waals surface area contributed by atoms with Crippen molar-refractivity contribution in [1.82, 2.24) is 0 Å². The Kier molecular flexibility index (Phi) is 6.65. The molecule has 0 heterocycles. The molecule has 0 aliphatic rings. The van der Waals surface area contributed by atoms with E-state index in [0.717, 1.165) is 12.6 Å². The summed E-state index contributed by atoms with van der Waals surface area (Å²) in [6.45, 7) is 2.17. The molecule has 0 spiro atoms. The third-order valence-corrected chi connectivity index (χ3v) is 3.94. The molecule has 0 aliphatic heterocycles. The topological polar surface area (TPSA) is 0 Å². The Morgan fingerprint density at radius 3 is 2.00 bits per heavy atom. The van der Waals surface area contributed by atoms with Crippen LogP contribution in [0.4, 0.5) is 0 Å². The monoisotopic (exact) mass is 222 g/mol. The molecule has 0 aromatic heterocycles. The molecule has 4 heteroatoms. The van der Waals surface area contributed by atoms with Crippen molar-refractivity contribution in [2.24, 2.45) is 0 Å². The molecule has 0 atom stereocenters. The summed E-state index contributed by atoms with van der Waals surface area (Å²) in [5, 5.41) is -2.29. The Hall–Kier alpha value is 1.30. The summed E-state index contributed by atoms with van der Waals surface area (Å²) in [5.41, 5.74) is 0. The van der Waals surface area contributed by atoms with Crippen LogP contribution in [0.3, 0.4) is 0 Å². The SMILES string of the molecule is CCCCCC[PH](Cl)(Cl)Cl. The summed E-state index contributed by atoms with van der Waals surface area (Å²) >= 11 is 17.0. The van der Waals surface area contributed by atoms with E-state index in [9.17, 15) is 0 Å². The first kappa shape index (κ1) is 11.3. The zero-order valence-corrected chi connectivity index (χ0v) is 9.44. The van der Waals surface area contributed by atoms with Crippen molar-refractivity contribution in [2.45, 2.75) is 32.6 Å². The van der Waals surface area contributed by atoms with Crippen LogP contribution < -0.4 is 0 Å². The summed E-state index contributed by atoms with van der Waals surface area (Å²) in [7, 11) is 0. The second-order valence-corrected chi connectivity index (χ2v) is 11.7. The summed E-state index contributed by atoms with van der Waals surface area (Å²) < 4.78 is 0. The van der Waals surface area contributed by atoms with Crippen LogP contribution >= 0.6 is 39.0 Å². The van der Waals surface area contributed by atoms with Crippen molar-refractivity contribution >= 4 is 39.0 Å². The molecule has 64 valence electrons. The Balaban J connectivity index is 3.04. The van der Waals surface area contributed by atoms with Crippen LogP contribution in [0.15, 0.2) is 0 Å². The van der Waals surface area contributed by atoms with Gasteiger partial charge in [0.2, 0.25) is 0 Å². The molecule has 0 amide bonds. The maximum atomic E-state index is 5.68. The Labute approximate surface area is 77.9 Å². The fraction of sp³-hybridized carbons (Fsp3) is 1.00. The second-order valence-electron chi connectivity index (χ2n) is 2.43. The Bertz CT molecular complexity index is 79.6. The van der Waals surface area contributed by atoms with Gasteiger partial charge in [0.05, 0.1) is 0 Å². The Morgan fingerprint density at radius 1 is 1.00 bits per heavy atom. The maximum absolute atomic E-state index is 5.68. The molecule has 0 saturated heterocycles. The molecule has 0 aromatic carbocycles. The van der Waals surface area contributed by atoms with Crippen LogP contribution in [0.2, 0.25) is 0 Å². The zero-order valence-electron chi connectivity index (χ0n) is 6.17. The molecule has 0 aliphatic carbocycles. The molecular formula is C6H14Cl3P. The minimum atomic E-state index is -2.29. The van der Waals surface area contributed by atoms with Gasteiger partial charge < -0.3 is 0 Å². The molecule has 0 bridgehead atoms. The summed E-state index contributed by atoms with van der Waals surface area (Å²) in [5.74, 6) is 0. The van der Waals surface area contributed by atoms with Crippen LogP contribution in [0.5, 0.6) is 0 Å². The molecule has 0 N–H and O–H groups in total. The molecular weight excluding hydrogens is 209 g/mol. The standard InChI is InChI=1S/C6H14Cl3P/c1-2-3-4-5-6-10(7,8)9/h10H,2-6H2,1H3. The van der Waals surface area contributed by atoms with Gasteiger partial charge in [0.15, 0.2) is 0 Å². The van der Waals surface area contributed by atoms with Gasteiger partial charge in [-0.15, -0.1) is 0 Å². The van der Waals surface area contributed by atoms with Gasteiger partial charge in [-0.2, -0.15) is 0 Å². The predicted molar refractivity (Wildman–Crippen MR) is 54.9 cm³/mol. The van der Waals surface area contributed by atoms with Gasteiger partial charge in [-0.3, -0.25) is 0 Å². The Morgan fingerprint density at radius 2 is 1.60 bits per heavy atom. The molecule has 0 saturated carbocycles. The van der Waals surface area contributed by atoms with Crippen molar-refractivity contribution in [2.75, 3.05) is 6.16 Å². The number of halogens is 3. The zero-order chi connectivity index (χ0) is 8.04. The first-order valence-electron chi connectivity index (χ1n) is 3.63. The van der Waals surface area contributed by atoms with Crippen molar-refractivity contribution < 1.29 is 0 Å². The van der Waals surface area contributed by atoms with E-state index in [4.69, 9.17) is 33.7 Å². The van der Waals surface area contributed by atoms with Crippen LogP contribution in [-0.4, -0.2) is 6.16 Å². The van der Waals surface area contributed by atoms with E-state index < -0.39 is 5.32 Å². The summed E-state index contributed by atoms with van der Waals surface area (Å²) in [4.78, 5) is 0. The van der Waals surface area contributed by atoms with Crippen molar-refractivity contribution in [1.29, 1.82) is 0 Å². The molecule has 0 unspecified atom stereocenters. The van der Waals surface area contributed by atoms with Gasteiger partial charge in [-0.1, -0.05) is 0 Å². The van der Waals surface area contributed by atoms with Crippen LogP contribution in [0, 0.1) is 0 Å². The van der Waals surface area contributed by atoms with Crippen LogP contribution in [0.1, 0.15) is 32.6 Å². The molecule has 0 fully saturated rings. The number of hydrogen-bond donors (Lipinski definition) is 0. The third kappa shape index (κ3) is 9.30. The molecule has 0 aromatic rings. The molecule has 10 heavy (non-hydrogen) atoms. The van der Waals surface area contributed by atoms with Gasteiger partial charge in [0.1, 0.15) is 0 Å². The van der Waals surface area contributed by atoms with Gasteiger partial charge in [-0.05, 0) is 0 Å². The van der Waals surface area contributed by atoms with E-state index in [2.05, 4.69) is 6.92 Å². The number of unbranched alkanes of at least 4 members (excludes halogenated alkanes) is 3. The second kappa shape index (κ2) is 5.89. The van der Waals surface area contributed by atoms with Crippen molar-refractivity contribution in [3.8, 4) is 0 Å². The van der Waals surface area contributed by atoms with E-state index in [1.807, 2.05) is 0 Å². The van der Waals surface area contributed by atoms with E-state index in [1.165, 1.54) is 19.3 Å². The fourth-order valence-electron chi connectivity index (χ4n) is 0.752. The minimum absolute atomic E-state index is 0.817. The number of hydrogen-bond acceptors (Lipinski definition) is 0. The summed E-state index contributed by atoms with van der Waals surface area (Å²) in [6.07, 6.45) is 5.60. The molecule has 0 rings (SSSR count). The molecule has 0 radical (unpaired) electrons. The summed E-state index contributed by atoms with van der Waals surface area (Å²) in [6, 6.07) is 0. The average molecular weight is 224 g/mol. The van der Waals surface area contributed by atoms with Gasteiger partial charge in [0, 0.05) is 0 Å². The van der Waals surface area contributed by atoms with Gasteiger partial charge in [-0.25, -0.2) is 0 Å². The van der Waals surface area contributed by atoms with Crippen molar-refractivity contribution in [3.05, 3.63) is 0 Å². The van der Waals surface area contributed by atoms with Crippen molar-refractivity contribution in [3.63, 3.8) is 0 Å². The molecule has 0 nitrogen and oxygen atoms in total. The predicted octanol–water partition coefficient (Wildman–Crippen LogP) is 4.78. The van der Waals surface area contributed by atoms with Crippen LogP contribution in [-0.2, 0) is 0 Å². The van der Waals surface area contributed by atoms with E-state index in [1.54, 1.807) is 0 Å². The first-order chi connectivity index (χ1) is 4.56. The van der Waals surface area contributed by atoms with E-state index in [-0.39, 0.29) is 0 Å². The third-order valence-electron chi connectivity index (χ3n) is 1.31. The first-order valence-corrected chi connectivity index (χ1v) is 8.87. The van der Waals surface area contributed by atoms with E-state index in [0.29, 0.717) is 0 Å². The normalized spacial score (nSPS) is 13.6. The van der Waals surface area contributed by atoms with E-state index >= 15 is 0 Å². The fourth-order valence-corrected chi connectivity index (χ4v) is 2.61.